The molecule has 0 N–H and O–H groups in total. The van der Waals surface area contributed by atoms with Crippen LogP contribution in [0.25, 0.3) is 10.9 Å². The molecule has 1 aromatic heterocycles. The molecule has 1 saturated heterocycles. The van der Waals surface area contributed by atoms with Gasteiger partial charge in [0.05, 0.1) is 23.1 Å². The summed E-state index contributed by atoms with van der Waals surface area (Å²) in [6, 6.07) is 10.5. The van der Waals surface area contributed by atoms with Gasteiger partial charge in [-0.3, -0.25) is 4.79 Å². The normalized spacial score (nSPS) is 15.6. The molecule has 0 bridgehead atoms. The van der Waals surface area contributed by atoms with Gasteiger partial charge in [-0.2, -0.15) is 0 Å². The average molecular weight is 470 g/mol. The molecule has 3 aromatic rings. The molecule has 0 spiro atoms. The van der Waals surface area contributed by atoms with Crippen LogP contribution in [0.15, 0.2) is 41.3 Å². The molecule has 0 saturated carbocycles. The molecule has 0 unspecified atom stereocenters. The summed E-state index contributed by atoms with van der Waals surface area (Å²) in [5, 5.41) is 0.657. The van der Waals surface area contributed by atoms with Crippen molar-refractivity contribution in [3.05, 3.63) is 58.8 Å². The van der Waals surface area contributed by atoms with E-state index in [1.54, 1.807) is 45.2 Å². The number of benzene rings is 2. The van der Waals surface area contributed by atoms with E-state index in [2.05, 4.69) is 11.9 Å². The van der Waals surface area contributed by atoms with Crippen LogP contribution in [0.5, 0.6) is 5.75 Å². The Labute approximate surface area is 195 Å². The van der Waals surface area contributed by atoms with Gasteiger partial charge in [0, 0.05) is 30.7 Å². The third-order valence-electron chi connectivity index (χ3n) is 6.71. The van der Waals surface area contributed by atoms with Gasteiger partial charge in [-0.1, -0.05) is 18.2 Å². The topological polar surface area (TPSA) is 71.8 Å². The molecule has 33 heavy (non-hydrogen) atoms. The van der Waals surface area contributed by atoms with Crippen LogP contribution in [0.1, 0.15) is 33.6 Å². The Bertz CT molecular complexity index is 1330. The number of nitrogens with zero attached hydrogens (tertiary/aromatic N) is 3. The van der Waals surface area contributed by atoms with Crippen molar-refractivity contribution in [2.45, 2.75) is 32.1 Å². The Morgan fingerprint density at radius 2 is 1.67 bits per heavy atom. The largest absolute Gasteiger partial charge is 0.496 e. The van der Waals surface area contributed by atoms with E-state index in [-0.39, 0.29) is 10.8 Å². The van der Waals surface area contributed by atoms with Gasteiger partial charge in [-0.05, 0) is 70.1 Å². The minimum absolute atomic E-state index is 0.115. The number of carbonyl (C=O) groups is 1. The van der Waals surface area contributed by atoms with Crippen LogP contribution in [0.3, 0.4) is 0 Å². The number of rotatable bonds is 4. The first-order valence-corrected chi connectivity index (χ1v) is 12.6. The van der Waals surface area contributed by atoms with E-state index in [1.165, 1.54) is 3.97 Å². The van der Waals surface area contributed by atoms with Crippen molar-refractivity contribution in [3.63, 3.8) is 0 Å². The van der Waals surface area contributed by atoms with Crippen molar-refractivity contribution in [1.29, 1.82) is 0 Å². The van der Waals surface area contributed by atoms with Crippen molar-refractivity contribution in [1.82, 2.24) is 13.8 Å². The first kappa shape index (κ1) is 23.3. The molecule has 0 atom stereocenters. The Balaban J connectivity index is 1.89. The number of aromatic nitrogens is 1. The second-order valence-corrected chi connectivity index (χ2v) is 10.5. The Morgan fingerprint density at radius 3 is 2.39 bits per heavy atom. The van der Waals surface area contributed by atoms with E-state index >= 15 is 0 Å². The molecule has 1 amide bonds. The molecule has 7 nitrogen and oxygen atoms in total. The van der Waals surface area contributed by atoms with E-state index in [4.69, 9.17) is 4.74 Å². The van der Waals surface area contributed by atoms with Crippen LogP contribution in [0.4, 0.5) is 0 Å². The quantitative estimate of drug-likeness (QED) is 0.584. The standard InChI is InChI=1S/C25H31N3O4S/c1-17-18(2)23(12-11-22(17)32-5)33(30,31)28-19(3)24(20-9-6-7-10-21(20)28)25(29)27-14-8-13-26(4)15-16-27/h6-7,9-12H,8,13-16H2,1-5H3. The lowest BCUT2D eigenvalue weighted by Gasteiger charge is -2.21. The van der Waals surface area contributed by atoms with Crippen molar-refractivity contribution in [2.75, 3.05) is 40.3 Å². The van der Waals surface area contributed by atoms with Gasteiger partial charge in [0.1, 0.15) is 5.75 Å². The van der Waals surface area contributed by atoms with Gasteiger partial charge in [0.25, 0.3) is 15.9 Å². The van der Waals surface area contributed by atoms with Gasteiger partial charge in [-0.15, -0.1) is 0 Å². The number of hydrogen-bond acceptors (Lipinski definition) is 5. The lowest BCUT2D eigenvalue weighted by molar-refractivity contribution is 0.0764. The van der Waals surface area contributed by atoms with Gasteiger partial charge < -0.3 is 14.5 Å². The summed E-state index contributed by atoms with van der Waals surface area (Å²) in [4.78, 5) is 17.9. The maximum atomic E-state index is 13.9. The second kappa shape index (κ2) is 8.83. The molecular weight excluding hydrogens is 438 g/mol. The fraction of sp³-hybridized carbons (Fsp3) is 0.400. The second-order valence-electron chi connectivity index (χ2n) is 8.71. The summed E-state index contributed by atoms with van der Waals surface area (Å²) in [6.07, 6.45) is 0.891. The van der Waals surface area contributed by atoms with Gasteiger partial charge in [0.2, 0.25) is 0 Å². The van der Waals surface area contributed by atoms with Gasteiger partial charge in [-0.25, -0.2) is 12.4 Å². The maximum absolute atomic E-state index is 13.9. The number of para-hydroxylation sites is 1. The van der Waals surface area contributed by atoms with E-state index in [0.29, 0.717) is 46.6 Å². The third-order valence-corrected chi connectivity index (χ3v) is 8.65. The Morgan fingerprint density at radius 1 is 0.939 bits per heavy atom. The number of hydrogen-bond donors (Lipinski definition) is 0. The van der Waals surface area contributed by atoms with Crippen molar-refractivity contribution < 1.29 is 17.9 Å². The molecule has 1 fully saturated rings. The van der Waals surface area contributed by atoms with Gasteiger partial charge in [0.15, 0.2) is 0 Å². The number of amides is 1. The smallest absolute Gasteiger partial charge is 0.268 e. The zero-order chi connectivity index (χ0) is 23.9. The first-order chi connectivity index (χ1) is 15.7. The number of methoxy groups -OCH3 is 1. The fourth-order valence-electron chi connectivity index (χ4n) is 4.70. The summed E-state index contributed by atoms with van der Waals surface area (Å²) in [7, 11) is -0.332. The highest BCUT2D eigenvalue weighted by Gasteiger charge is 2.31. The van der Waals surface area contributed by atoms with Crippen LogP contribution in [0.2, 0.25) is 0 Å². The minimum atomic E-state index is -3.95. The summed E-state index contributed by atoms with van der Waals surface area (Å²) in [6.45, 7) is 8.37. The molecule has 4 rings (SSSR count). The SMILES string of the molecule is COc1ccc(S(=O)(=O)n2c(C)c(C(=O)N3CCCN(C)CC3)c3ccccc32)c(C)c1C. The van der Waals surface area contributed by atoms with Crippen LogP contribution < -0.4 is 4.74 Å². The summed E-state index contributed by atoms with van der Waals surface area (Å²) < 4.78 is 34.6. The van der Waals surface area contributed by atoms with Crippen LogP contribution in [-0.2, 0) is 10.0 Å². The van der Waals surface area contributed by atoms with Crippen LogP contribution in [0, 0.1) is 20.8 Å². The molecule has 1 aliphatic rings. The number of likely N-dealkylation sites (N-methyl/N-ethyl adjacent to an activating group) is 1. The average Bonchev–Trinajstić information content (AvgIpc) is 2.92. The van der Waals surface area contributed by atoms with Crippen molar-refractivity contribution >= 4 is 26.8 Å². The van der Waals surface area contributed by atoms with E-state index < -0.39 is 10.0 Å². The molecule has 1 aliphatic heterocycles. The highest BCUT2D eigenvalue weighted by atomic mass is 32.2. The van der Waals surface area contributed by atoms with Crippen LogP contribution >= 0.6 is 0 Å². The molecule has 0 aliphatic carbocycles. The minimum Gasteiger partial charge on any atom is -0.496 e. The van der Waals surface area contributed by atoms with E-state index in [9.17, 15) is 13.2 Å². The van der Waals surface area contributed by atoms with E-state index in [0.717, 1.165) is 25.1 Å². The lowest BCUT2D eigenvalue weighted by Crippen LogP contribution is -2.35. The highest BCUT2D eigenvalue weighted by molar-refractivity contribution is 7.90. The predicted octanol–water partition coefficient (Wildman–Crippen LogP) is 3.59. The molecule has 176 valence electrons. The number of fused-ring (bicyclic) bond motifs is 1. The zero-order valence-electron chi connectivity index (χ0n) is 19.9. The molecule has 8 heteroatoms. The third kappa shape index (κ3) is 3.91. The summed E-state index contributed by atoms with van der Waals surface area (Å²) in [5.74, 6) is 0.526. The van der Waals surface area contributed by atoms with Crippen molar-refractivity contribution in [2.24, 2.45) is 0 Å². The first-order valence-electron chi connectivity index (χ1n) is 11.2. The molecular formula is C25H31N3O4S. The fourth-order valence-corrected chi connectivity index (χ4v) is 6.54. The Kier molecular flexibility index (Phi) is 6.24. The van der Waals surface area contributed by atoms with Crippen molar-refractivity contribution in [3.8, 4) is 5.75 Å². The van der Waals surface area contributed by atoms with E-state index in [1.807, 2.05) is 24.0 Å². The number of ether oxygens (including phenoxy) is 1. The zero-order valence-corrected chi connectivity index (χ0v) is 20.7. The molecule has 2 aromatic carbocycles. The maximum Gasteiger partial charge on any atom is 0.268 e. The predicted molar refractivity (Wildman–Crippen MR) is 130 cm³/mol. The lowest BCUT2D eigenvalue weighted by atomic mass is 10.1. The molecule has 0 radical (unpaired) electrons. The van der Waals surface area contributed by atoms with Gasteiger partial charge >= 0.3 is 0 Å². The summed E-state index contributed by atoms with van der Waals surface area (Å²) >= 11 is 0. The number of carbonyl (C=O) groups excluding carboxylic acids is 1. The molecule has 2 heterocycles. The summed E-state index contributed by atoms with van der Waals surface area (Å²) in [5.41, 5.74) is 2.82. The Hall–Kier alpha value is -2.84. The monoisotopic (exact) mass is 469 g/mol. The highest BCUT2D eigenvalue weighted by Crippen LogP contribution is 2.34. The van der Waals surface area contributed by atoms with Crippen LogP contribution in [-0.4, -0.2) is 68.4 Å².